The van der Waals surface area contributed by atoms with Crippen molar-refractivity contribution in [2.75, 3.05) is 6.61 Å². The monoisotopic (exact) mass is 286 g/mol. The van der Waals surface area contributed by atoms with Gasteiger partial charge >= 0.3 is 11.9 Å². The molecule has 4 heteroatoms. The fourth-order valence-electron chi connectivity index (χ4n) is 1.87. The third-order valence-corrected chi connectivity index (χ3v) is 2.96. The number of carboxylic acid groups (broad SMARTS) is 1. The molecule has 1 N–H and O–H groups in total. The molecule has 0 atom stereocenters. The van der Waals surface area contributed by atoms with Crippen molar-refractivity contribution in [3.05, 3.63) is 47.5 Å². The van der Waals surface area contributed by atoms with Crippen LogP contribution in [0.4, 0.5) is 0 Å². The quantitative estimate of drug-likeness (QED) is 0.873. The first-order valence-corrected chi connectivity index (χ1v) is 6.70. The van der Waals surface area contributed by atoms with E-state index >= 15 is 0 Å². The molecule has 110 valence electrons. The zero-order chi connectivity index (χ0) is 15.6. The number of hydrogen-bond donors (Lipinski definition) is 1. The molecule has 2 rings (SSSR count). The molecule has 2 aromatic carbocycles. The van der Waals surface area contributed by atoms with Gasteiger partial charge in [-0.3, -0.25) is 0 Å². The van der Waals surface area contributed by atoms with E-state index < -0.39 is 5.97 Å². The van der Waals surface area contributed by atoms with E-state index in [0.29, 0.717) is 12.2 Å². The molecule has 0 fully saturated rings. The average Bonchev–Trinajstić information content (AvgIpc) is 2.42. The number of carbonyl (C=O) groups excluding carboxylic acids is 1. The molecule has 0 aliphatic carbocycles. The number of ether oxygens (including phenoxy) is 1. The van der Waals surface area contributed by atoms with Crippen LogP contribution in [-0.2, 0) is 4.74 Å². The van der Waals surface area contributed by atoms with Gasteiger partial charge in [0.05, 0.1) is 17.7 Å². The molecule has 0 bridgehead atoms. The Labute approximate surface area is 123 Å². The predicted molar refractivity (Wildman–Crippen MR) is 80.6 cm³/mol. The number of hydrogen-bond acceptors (Lipinski definition) is 3. The Morgan fingerprint density at radius 3 is 2.05 bits per heavy atom. The number of benzene rings is 2. The Morgan fingerprint density at radius 1 is 1.00 bits per heavy atom. The number of aromatic carboxylic acids is 1. The lowest BCUT2D eigenvalue weighted by Gasteiger charge is -2.17. The Kier molecular flexibility index (Phi) is 3.98. The van der Waals surface area contributed by atoms with Gasteiger partial charge in [0, 0.05) is 0 Å². The fourth-order valence-corrected chi connectivity index (χ4v) is 1.87. The Hall–Kier alpha value is -2.36. The van der Waals surface area contributed by atoms with Gasteiger partial charge in [-0.05, 0) is 40.5 Å². The minimum Gasteiger partial charge on any atom is -0.478 e. The topological polar surface area (TPSA) is 63.6 Å². The van der Waals surface area contributed by atoms with Crippen molar-refractivity contribution in [1.29, 1.82) is 0 Å². The number of fused-ring (bicyclic) bond motifs is 1. The zero-order valence-corrected chi connectivity index (χ0v) is 12.3. The van der Waals surface area contributed by atoms with E-state index in [0.717, 1.165) is 10.8 Å². The maximum absolute atomic E-state index is 12.0. The first kappa shape index (κ1) is 15.0. The number of carboxylic acids is 1. The van der Waals surface area contributed by atoms with E-state index in [1.54, 1.807) is 30.3 Å². The normalized spacial score (nSPS) is 11.4. The van der Waals surface area contributed by atoms with Gasteiger partial charge in [-0.15, -0.1) is 0 Å². The van der Waals surface area contributed by atoms with Gasteiger partial charge in [0.15, 0.2) is 0 Å². The Balaban J connectivity index is 2.25. The summed E-state index contributed by atoms with van der Waals surface area (Å²) in [5, 5.41) is 10.5. The third kappa shape index (κ3) is 3.81. The van der Waals surface area contributed by atoms with Crippen LogP contribution in [0.1, 0.15) is 41.5 Å². The Bertz CT molecular complexity index is 695. The van der Waals surface area contributed by atoms with Crippen LogP contribution in [0.5, 0.6) is 0 Å². The van der Waals surface area contributed by atoms with Gasteiger partial charge in [0.1, 0.15) is 0 Å². The lowest BCUT2D eigenvalue weighted by atomic mass is 9.98. The molecule has 2 aromatic rings. The fraction of sp³-hybridized carbons (Fsp3) is 0.294. The summed E-state index contributed by atoms with van der Waals surface area (Å²) in [7, 11) is 0. The SMILES string of the molecule is CC(C)(C)COC(=O)c1ccc2cc(C(=O)O)ccc2c1. The molecule has 21 heavy (non-hydrogen) atoms. The predicted octanol–water partition coefficient (Wildman–Crippen LogP) is 3.74. The van der Waals surface area contributed by atoms with Gasteiger partial charge in [-0.25, -0.2) is 9.59 Å². The van der Waals surface area contributed by atoms with Crippen LogP contribution in [0.15, 0.2) is 36.4 Å². The van der Waals surface area contributed by atoms with Crippen molar-refractivity contribution >= 4 is 22.7 Å². The molecule has 0 aliphatic heterocycles. The summed E-state index contributed by atoms with van der Waals surface area (Å²) in [6.45, 7) is 6.33. The van der Waals surface area contributed by atoms with Crippen molar-refractivity contribution in [2.45, 2.75) is 20.8 Å². The standard InChI is InChI=1S/C17H18O4/c1-17(2,3)10-21-16(20)14-7-5-11-8-13(15(18)19)6-4-12(11)9-14/h4-9H,10H2,1-3H3,(H,18,19). The summed E-state index contributed by atoms with van der Waals surface area (Å²) in [4.78, 5) is 22.9. The van der Waals surface area contributed by atoms with E-state index in [9.17, 15) is 9.59 Å². The van der Waals surface area contributed by atoms with Gasteiger partial charge in [0.25, 0.3) is 0 Å². The molecule has 0 aromatic heterocycles. The van der Waals surface area contributed by atoms with Crippen molar-refractivity contribution in [2.24, 2.45) is 5.41 Å². The minimum absolute atomic E-state index is 0.0805. The second kappa shape index (κ2) is 5.56. The molecule has 0 spiro atoms. The first-order chi connectivity index (χ1) is 9.76. The second-order valence-electron chi connectivity index (χ2n) is 6.22. The number of carbonyl (C=O) groups is 2. The van der Waals surface area contributed by atoms with E-state index in [4.69, 9.17) is 9.84 Å². The van der Waals surface area contributed by atoms with Crippen LogP contribution >= 0.6 is 0 Å². The lowest BCUT2D eigenvalue weighted by Crippen LogP contribution is -2.18. The highest BCUT2D eigenvalue weighted by molar-refractivity contribution is 5.98. The van der Waals surface area contributed by atoms with Crippen LogP contribution in [0, 0.1) is 5.41 Å². The molecule has 0 saturated carbocycles. The van der Waals surface area contributed by atoms with Gasteiger partial charge in [-0.2, -0.15) is 0 Å². The molecule has 0 aliphatic rings. The molecule has 0 heterocycles. The van der Waals surface area contributed by atoms with E-state index in [2.05, 4.69) is 0 Å². The van der Waals surface area contributed by atoms with Gasteiger partial charge in [0.2, 0.25) is 0 Å². The summed E-state index contributed by atoms with van der Waals surface area (Å²) in [5.74, 6) is -1.33. The van der Waals surface area contributed by atoms with Crippen molar-refractivity contribution in [3.63, 3.8) is 0 Å². The van der Waals surface area contributed by atoms with Crippen molar-refractivity contribution in [3.8, 4) is 0 Å². The van der Waals surface area contributed by atoms with Crippen LogP contribution in [0.2, 0.25) is 0 Å². The van der Waals surface area contributed by atoms with Crippen molar-refractivity contribution < 1.29 is 19.4 Å². The lowest BCUT2D eigenvalue weighted by molar-refractivity contribution is 0.0367. The Morgan fingerprint density at radius 2 is 1.52 bits per heavy atom. The molecule has 0 amide bonds. The highest BCUT2D eigenvalue weighted by atomic mass is 16.5. The van der Waals surface area contributed by atoms with Crippen LogP contribution in [0.25, 0.3) is 10.8 Å². The van der Waals surface area contributed by atoms with Crippen LogP contribution in [-0.4, -0.2) is 23.7 Å². The summed E-state index contributed by atoms with van der Waals surface area (Å²) in [6.07, 6.45) is 0. The summed E-state index contributed by atoms with van der Waals surface area (Å²) >= 11 is 0. The average molecular weight is 286 g/mol. The van der Waals surface area contributed by atoms with Gasteiger partial charge in [-0.1, -0.05) is 32.9 Å². The van der Waals surface area contributed by atoms with Crippen LogP contribution < -0.4 is 0 Å². The second-order valence-corrected chi connectivity index (χ2v) is 6.22. The zero-order valence-electron chi connectivity index (χ0n) is 12.3. The molecular weight excluding hydrogens is 268 g/mol. The molecular formula is C17H18O4. The maximum atomic E-state index is 12.0. The summed E-state index contributed by atoms with van der Waals surface area (Å²) in [6, 6.07) is 9.90. The minimum atomic E-state index is -0.967. The molecule has 0 saturated heterocycles. The molecule has 0 unspecified atom stereocenters. The third-order valence-electron chi connectivity index (χ3n) is 2.96. The van der Waals surface area contributed by atoms with Crippen LogP contribution in [0.3, 0.4) is 0 Å². The largest absolute Gasteiger partial charge is 0.478 e. The van der Waals surface area contributed by atoms with Gasteiger partial charge < -0.3 is 9.84 Å². The highest BCUT2D eigenvalue weighted by Gasteiger charge is 2.15. The first-order valence-electron chi connectivity index (χ1n) is 6.70. The van der Waals surface area contributed by atoms with Crippen molar-refractivity contribution in [1.82, 2.24) is 0 Å². The van der Waals surface area contributed by atoms with E-state index in [1.165, 1.54) is 6.07 Å². The smallest absolute Gasteiger partial charge is 0.338 e. The highest BCUT2D eigenvalue weighted by Crippen LogP contribution is 2.20. The number of rotatable bonds is 3. The molecule has 0 radical (unpaired) electrons. The summed E-state index contributed by atoms with van der Waals surface area (Å²) < 4.78 is 5.27. The number of esters is 1. The maximum Gasteiger partial charge on any atom is 0.338 e. The summed E-state index contributed by atoms with van der Waals surface area (Å²) in [5.41, 5.74) is 0.614. The molecule has 4 nitrogen and oxygen atoms in total. The van der Waals surface area contributed by atoms with E-state index in [1.807, 2.05) is 20.8 Å². The van der Waals surface area contributed by atoms with E-state index in [-0.39, 0.29) is 16.9 Å².